The second-order valence-electron chi connectivity index (χ2n) is 7.51. The molecule has 0 bridgehead atoms. The van der Waals surface area contributed by atoms with Crippen molar-refractivity contribution in [3.63, 3.8) is 0 Å². The quantitative estimate of drug-likeness (QED) is 0.265. The first-order chi connectivity index (χ1) is 14.6. The highest BCUT2D eigenvalue weighted by Crippen LogP contribution is 2.19. The summed E-state index contributed by atoms with van der Waals surface area (Å²) in [6.45, 7) is 1.09. The van der Waals surface area contributed by atoms with Gasteiger partial charge in [-0.15, -0.1) is 0 Å². The van der Waals surface area contributed by atoms with Gasteiger partial charge in [0.05, 0.1) is 18.7 Å². The van der Waals surface area contributed by atoms with Gasteiger partial charge in [0, 0.05) is 6.54 Å². The van der Waals surface area contributed by atoms with Crippen molar-refractivity contribution in [2.45, 2.75) is 50.4 Å². The first-order valence-electron chi connectivity index (χ1n) is 9.92. The average molecular weight is 436 g/mol. The molecular formula is C20H28N4O7. The third-order valence-corrected chi connectivity index (χ3v) is 5.04. The van der Waals surface area contributed by atoms with Gasteiger partial charge in [-0.1, -0.05) is 12.1 Å². The fraction of sp³-hybridized carbons (Fsp3) is 0.500. The topological polar surface area (TPSA) is 182 Å². The normalized spacial score (nSPS) is 18.7. The van der Waals surface area contributed by atoms with E-state index in [4.69, 9.17) is 10.8 Å². The highest BCUT2D eigenvalue weighted by molar-refractivity contribution is 5.93. The Hall–Kier alpha value is -3.18. The number of phenols is 1. The van der Waals surface area contributed by atoms with E-state index in [-0.39, 0.29) is 12.2 Å². The number of benzene rings is 1. The lowest BCUT2D eigenvalue weighted by Crippen LogP contribution is -2.54. The van der Waals surface area contributed by atoms with E-state index in [0.717, 1.165) is 5.56 Å². The lowest BCUT2D eigenvalue weighted by molar-refractivity contribution is -0.144. The lowest BCUT2D eigenvalue weighted by Gasteiger charge is -2.27. The van der Waals surface area contributed by atoms with Gasteiger partial charge < -0.3 is 36.6 Å². The van der Waals surface area contributed by atoms with Crippen LogP contribution in [0.3, 0.4) is 0 Å². The number of phenolic OH excluding ortho intramolecular Hbond substituents is 1. The molecule has 0 spiro atoms. The molecule has 1 heterocycles. The van der Waals surface area contributed by atoms with Gasteiger partial charge in [0.25, 0.3) is 0 Å². The van der Waals surface area contributed by atoms with Gasteiger partial charge in [-0.25, -0.2) is 4.79 Å². The molecule has 4 atom stereocenters. The molecule has 2 rings (SSSR count). The predicted octanol–water partition coefficient (Wildman–Crippen LogP) is -1.68. The zero-order valence-electron chi connectivity index (χ0n) is 17.2. The summed E-state index contributed by atoms with van der Waals surface area (Å²) < 4.78 is 0. The van der Waals surface area contributed by atoms with Crippen LogP contribution in [0, 0.1) is 0 Å². The SMILES string of the molecule is CC(O)C(NC(=O)CNC(=O)C1CCCN1C(=O)C(N)Cc1ccc(O)cc1)C(=O)O. The molecule has 4 unspecified atom stereocenters. The summed E-state index contributed by atoms with van der Waals surface area (Å²) in [6.07, 6.45) is -0.0562. The first kappa shape index (κ1) is 24.1. The van der Waals surface area contributed by atoms with Crippen LogP contribution in [0.5, 0.6) is 5.75 Å². The molecule has 31 heavy (non-hydrogen) atoms. The van der Waals surface area contributed by atoms with Crippen molar-refractivity contribution < 1.29 is 34.5 Å². The Morgan fingerprint density at radius 1 is 1.23 bits per heavy atom. The number of amides is 3. The number of nitrogens with zero attached hydrogens (tertiary/aromatic N) is 1. The van der Waals surface area contributed by atoms with Gasteiger partial charge in [0.1, 0.15) is 11.8 Å². The minimum atomic E-state index is -1.49. The summed E-state index contributed by atoms with van der Waals surface area (Å²) in [5, 5.41) is 32.2. The molecule has 3 amide bonds. The maximum absolute atomic E-state index is 12.8. The molecular weight excluding hydrogens is 408 g/mol. The number of aliphatic hydroxyl groups is 1. The predicted molar refractivity (Wildman–Crippen MR) is 109 cm³/mol. The number of nitrogens with one attached hydrogen (secondary N) is 2. The van der Waals surface area contributed by atoms with Gasteiger partial charge >= 0.3 is 5.97 Å². The van der Waals surface area contributed by atoms with E-state index in [9.17, 15) is 29.4 Å². The van der Waals surface area contributed by atoms with Crippen LogP contribution >= 0.6 is 0 Å². The molecule has 0 saturated carbocycles. The Bertz CT molecular complexity index is 812. The number of aliphatic carboxylic acids is 1. The summed E-state index contributed by atoms with van der Waals surface area (Å²) in [5.41, 5.74) is 6.80. The number of carbonyl (C=O) groups excluding carboxylic acids is 3. The van der Waals surface area contributed by atoms with Crippen molar-refractivity contribution in [1.82, 2.24) is 15.5 Å². The van der Waals surface area contributed by atoms with Gasteiger partial charge in [-0.3, -0.25) is 14.4 Å². The van der Waals surface area contributed by atoms with E-state index in [0.29, 0.717) is 19.4 Å². The number of carboxylic acids is 1. The lowest BCUT2D eigenvalue weighted by atomic mass is 10.0. The van der Waals surface area contributed by atoms with Crippen molar-refractivity contribution in [2.24, 2.45) is 5.73 Å². The van der Waals surface area contributed by atoms with Crippen LogP contribution in [-0.2, 0) is 25.6 Å². The minimum absolute atomic E-state index is 0.104. The number of hydrogen-bond donors (Lipinski definition) is 6. The Morgan fingerprint density at radius 2 is 1.87 bits per heavy atom. The number of carbonyl (C=O) groups is 4. The van der Waals surface area contributed by atoms with E-state index < -0.39 is 54.5 Å². The van der Waals surface area contributed by atoms with Crippen LogP contribution in [0.25, 0.3) is 0 Å². The van der Waals surface area contributed by atoms with Gasteiger partial charge in [0.15, 0.2) is 6.04 Å². The zero-order chi connectivity index (χ0) is 23.1. The molecule has 11 nitrogen and oxygen atoms in total. The second kappa shape index (κ2) is 10.7. The molecule has 0 aliphatic carbocycles. The van der Waals surface area contributed by atoms with Crippen LogP contribution < -0.4 is 16.4 Å². The number of carboxylic acid groups (broad SMARTS) is 1. The maximum atomic E-state index is 12.8. The number of likely N-dealkylation sites (tertiary alicyclic amines) is 1. The number of aromatic hydroxyl groups is 1. The standard InChI is InChI=1S/C20H28N4O7/c1-11(25)17(20(30)31)23-16(27)10-22-18(28)15-3-2-8-24(15)19(29)14(21)9-12-4-6-13(26)7-5-12/h4-7,11,14-15,17,25-26H,2-3,8-10,21H2,1H3,(H,22,28)(H,23,27)(H,30,31). The summed E-state index contributed by atoms with van der Waals surface area (Å²) in [7, 11) is 0. The van der Waals surface area contributed by atoms with Crippen LogP contribution in [0.2, 0.25) is 0 Å². The van der Waals surface area contributed by atoms with Crippen LogP contribution in [-0.4, -0.2) is 81.2 Å². The Balaban J connectivity index is 1.90. The number of nitrogens with two attached hydrogens (primary N) is 1. The van der Waals surface area contributed by atoms with Crippen molar-refractivity contribution in [2.75, 3.05) is 13.1 Å². The van der Waals surface area contributed by atoms with Gasteiger partial charge in [-0.2, -0.15) is 0 Å². The molecule has 1 aliphatic rings. The van der Waals surface area contributed by atoms with E-state index in [1.165, 1.54) is 24.0 Å². The zero-order valence-corrected chi connectivity index (χ0v) is 17.2. The Morgan fingerprint density at radius 3 is 2.45 bits per heavy atom. The molecule has 0 radical (unpaired) electrons. The third-order valence-electron chi connectivity index (χ3n) is 5.04. The van der Waals surface area contributed by atoms with E-state index in [2.05, 4.69) is 10.6 Å². The Labute approximate surface area is 179 Å². The molecule has 1 saturated heterocycles. The number of aliphatic hydroxyl groups excluding tert-OH is 1. The molecule has 7 N–H and O–H groups in total. The van der Waals surface area contributed by atoms with E-state index in [1.54, 1.807) is 12.1 Å². The van der Waals surface area contributed by atoms with Gasteiger partial charge in [-0.05, 0) is 43.9 Å². The third kappa shape index (κ3) is 6.66. The number of rotatable bonds is 9. The smallest absolute Gasteiger partial charge is 0.328 e. The van der Waals surface area contributed by atoms with Crippen LogP contribution in [0.15, 0.2) is 24.3 Å². The van der Waals surface area contributed by atoms with E-state index in [1.807, 2.05) is 0 Å². The monoisotopic (exact) mass is 436 g/mol. The maximum Gasteiger partial charge on any atom is 0.328 e. The summed E-state index contributed by atoms with van der Waals surface area (Å²) in [5.74, 6) is -3.00. The van der Waals surface area contributed by atoms with E-state index >= 15 is 0 Å². The minimum Gasteiger partial charge on any atom is -0.508 e. The number of hydrogen-bond acceptors (Lipinski definition) is 7. The summed E-state index contributed by atoms with van der Waals surface area (Å²) in [4.78, 5) is 49.6. The summed E-state index contributed by atoms with van der Waals surface area (Å²) >= 11 is 0. The van der Waals surface area contributed by atoms with Crippen molar-refractivity contribution in [3.05, 3.63) is 29.8 Å². The second-order valence-corrected chi connectivity index (χ2v) is 7.51. The van der Waals surface area contributed by atoms with Crippen molar-refractivity contribution in [1.29, 1.82) is 0 Å². The Kier molecular flexibility index (Phi) is 8.34. The molecule has 0 aromatic heterocycles. The van der Waals surface area contributed by atoms with Crippen molar-refractivity contribution in [3.8, 4) is 5.75 Å². The summed E-state index contributed by atoms with van der Waals surface area (Å²) in [6, 6.07) is 3.17. The molecule has 170 valence electrons. The van der Waals surface area contributed by atoms with Crippen molar-refractivity contribution >= 4 is 23.7 Å². The fourth-order valence-corrected chi connectivity index (χ4v) is 3.39. The van der Waals surface area contributed by atoms with Crippen LogP contribution in [0.1, 0.15) is 25.3 Å². The molecule has 1 aromatic rings. The molecule has 1 fully saturated rings. The highest BCUT2D eigenvalue weighted by atomic mass is 16.4. The molecule has 1 aliphatic heterocycles. The first-order valence-corrected chi connectivity index (χ1v) is 9.92. The largest absolute Gasteiger partial charge is 0.508 e. The molecule has 1 aromatic carbocycles. The fourth-order valence-electron chi connectivity index (χ4n) is 3.39. The average Bonchev–Trinajstić information content (AvgIpc) is 3.20. The molecule has 11 heteroatoms. The van der Waals surface area contributed by atoms with Gasteiger partial charge in [0.2, 0.25) is 17.7 Å². The van der Waals surface area contributed by atoms with Crippen LogP contribution in [0.4, 0.5) is 0 Å². The highest BCUT2D eigenvalue weighted by Gasteiger charge is 2.36.